The molecule has 2 aliphatic rings. The fourth-order valence-electron chi connectivity index (χ4n) is 3.79. The molecule has 0 radical (unpaired) electrons. The second-order valence-corrected chi connectivity index (χ2v) is 8.07. The third-order valence-electron chi connectivity index (χ3n) is 5.37. The van der Waals surface area contributed by atoms with Gasteiger partial charge in [-0.3, -0.25) is 9.91 Å². The fraction of sp³-hybridized carbons (Fsp3) is 0.364. The van der Waals surface area contributed by atoms with Crippen LogP contribution in [0.2, 0.25) is 5.02 Å². The van der Waals surface area contributed by atoms with Crippen LogP contribution in [0.3, 0.4) is 0 Å². The van der Waals surface area contributed by atoms with Gasteiger partial charge in [-0.2, -0.15) is 0 Å². The zero-order valence-electron chi connectivity index (χ0n) is 16.6. The van der Waals surface area contributed by atoms with Gasteiger partial charge in [0.15, 0.2) is 0 Å². The number of piperidine rings is 1. The van der Waals surface area contributed by atoms with Gasteiger partial charge in [-0.1, -0.05) is 35.9 Å². The molecule has 0 saturated carbocycles. The maximum atomic E-state index is 9.64. The highest BCUT2D eigenvalue weighted by molar-refractivity contribution is 6.33. The largest absolute Gasteiger partial charge is 0.508 e. The van der Waals surface area contributed by atoms with Crippen LogP contribution in [0, 0.1) is 5.92 Å². The van der Waals surface area contributed by atoms with Gasteiger partial charge >= 0.3 is 0 Å². The summed E-state index contributed by atoms with van der Waals surface area (Å²) in [5, 5.41) is 14.0. The van der Waals surface area contributed by atoms with E-state index < -0.39 is 0 Å². The maximum absolute atomic E-state index is 9.64. The number of halogens is 1. The highest BCUT2D eigenvalue weighted by atomic mass is 35.5. The number of phenols is 1. The van der Waals surface area contributed by atoms with Gasteiger partial charge in [0.05, 0.1) is 23.5 Å². The van der Waals surface area contributed by atoms with E-state index in [1.54, 1.807) is 6.07 Å². The summed E-state index contributed by atoms with van der Waals surface area (Å²) in [6.45, 7) is 3.63. The van der Waals surface area contributed by atoms with Crippen molar-refractivity contribution >= 4 is 17.3 Å². The summed E-state index contributed by atoms with van der Waals surface area (Å²) in [5.41, 5.74) is 5.24. The molecular formula is C22H27ClN4O2. The van der Waals surface area contributed by atoms with E-state index >= 15 is 0 Å². The van der Waals surface area contributed by atoms with E-state index in [0.29, 0.717) is 23.3 Å². The molecule has 0 amide bonds. The van der Waals surface area contributed by atoms with Gasteiger partial charge in [0.2, 0.25) is 5.88 Å². The van der Waals surface area contributed by atoms with Crippen molar-refractivity contribution in [1.29, 1.82) is 0 Å². The van der Waals surface area contributed by atoms with E-state index in [1.807, 2.05) is 59.7 Å². The summed E-state index contributed by atoms with van der Waals surface area (Å²) in [6.07, 6.45) is 4.13. The minimum atomic E-state index is 0.331. The number of hydrogen-bond donors (Lipinski definition) is 2. The number of rotatable bonds is 6. The van der Waals surface area contributed by atoms with Crippen molar-refractivity contribution < 1.29 is 9.84 Å². The number of likely N-dealkylation sites (tertiary alicyclic amines) is 1. The van der Waals surface area contributed by atoms with Crippen molar-refractivity contribution in [3.8, 4) is 5.75 Å². The van der Waals surface area contributed by atoms with Crippen LogP contribution in [0.4, 0.5) is 5.69 Å². The van der Waals surface area contributed by atoms with Gasteiger partial charge in [-0.25, -0.2) is 5.01 Å². The van der Waals surface area contributed by atoms with E-state index in [4.69, 9.17) is 16.3 Å². The van der Waals surface area contributed by atoms with E-state index in [1.165, 1.54) is 0 Å². The number of anilines is 1. The normalized spacial score (nSPS) is 18.2. The number of aromatic hydroxyl groups is 1. The molecule has 6 nitrogen and oxygen atoms in total. The number of hydrazine groups is 2. The summed E-state index contributed by atoms with van der Waals surface area (Å²) >= 11 is 6.35. The summed E-state index contributed by atoms with van der Waals surface area (Å²) < 4.78 is 6.18. The molecule has 2 aromatic rings. The van der Waals surface area contributed by atoms with Crippen molar-refractivity contribution in [2.45, 2.75) is 19.4 Å². The number of hydrogen-bond acceptors (Lipinski definition) is 6. The second-order valence-electron chi connectivity index (χ2n) is 7.67. The van der Waals surface area contributed by atoms with Gasteiger partial charge in [0.25, 0.3) is 0 Å². The van der Waals surface area contributed by atoms with E-state index in [0.717, 1.165) is 49.6 Å². The average Bonchev–Trinajstić information content (AvgIpc) is 3.08. The van der Waals surface area contributed by atoms with Gasteiger partial charge < -0.3 is 9.84 Å². The monoisotopic (exact) mass is 414 g/mol. The van der Waals surface area contributed by atoms with E-state index in [9.17, 15) is 5.11 Å². The van der Waals surface area contributed by atoms with Crippen molar-refractivity contribution in [1.82, 2.24) is 15.4 Å². The van der Waals surface area contributed by atoms with Crippen molar-refractivity contribution in [3.63, 3.8) is 0 Å². The molecule has 0 aromatic heterocycles. The van der Waals surface area contributed by atoms with Crippen LogP contribution in [0.1, 0.15) is 18.4 Å². The SMILES string of the molecule is CN1C=C(OCC2CCN(Cc3cccc(O)c3)CC2)N(c2ccccc2Cl)N1. The van der Waals surface area contributed by atoms with Crippen molar-refractivity contribution in [2.24, 2.45) is 5.92 Å². The minimum absolute atomic E-state index is 0.331. The molecule has 0 bridgehead atoms. The first-order valence-corrected chi connectivity index (χ1v) is 10.3. The van der Waals surface area contributed by atoms with E-state index in [-0.39, 0.29) is 0 Å². The number of phenolic OH excluding ortho intramolecular Hbond substituents is 1. The first-order chi connectivity index (χ1) is 14.1. The topological polar surface area (TPSA) is 51.2 Å². The molecule has 1 fully saturated rings. The number of para-hydroxylation sites is 1. The Bertz CT molecular complexity index is 867. The van der Waals surface area contributed by atoms with Crippen LogP contribution in [0.25, 0.3) is 0 Å². The smallest absolute Gasteiger partial charge is 0.228 e. The first-order valence-electron chi connectivity index (χ1n) is 9.97. The van der Waals surface area contributed by atoms with Gasteiger partial charge in [-0.15, -0.1) is 5.53 Å². The standard InChI is InChI=1S/C22H27ClN4O2/c1-25-15-22(27(24-25)21-8-3-2-7-20(21)23)29-16-17-9-11-26(12-10-17)14-18-5-4-6-19(28)13-18/h2-8,13,15,17,24,28H,9-12,14,16H2,1H3. The zero-order valence-corrected chi connectivity index (χ0v) is 17.3. The van der Waals surface area contributed by atoms with Crippen LogP contribution in [-0.4, -0.2) is 41.8 Å². The van der Waals surface area contributed by atoms with Gasteiger partial charge in [0, 0.05) is 13.6 Å². The summed E-state index contributed by atoms with van der Waals surface area (Å²) in [6, 6.07) is 15.2. The molecule has 0 unspecified atom stereocenters. The Morgan fingerprint density at radius 3 is 2.69 bits per heavy atom. The second kappa shape index (κ2) is 8.95. The summed E-state index contributed by atoms with van der Waals surface area (Å²) in [4.78, 5) is 2.44. The van der Waals surface area contributed by atoms with Crippen LogP contribution in [0.15, 0.2) is 60.6 Å². The predicted molar refractivity (Wildman–Crippen MR) is 115 cm³/mol. The quantitative estimate of drug-likeness (QED) is 0.746. The molecule has 0 atom stereocenters. The third-order valence-corrected chi connectivity index (χ3v) is 5.69. The van der Waals surface area contributed by atoms with E-state index in [2.05, 4.69) is 16.5 Å². The first kappa shape index (κ1) is 19.9. The lowest BCUT2D eigenvalue weighted by atomic mass is 9.97. The van der Waals surface area contributed by atoms with Crippen LogP contribution in [0.5, 0.6) is 5.75 Å². The molecular weight excluding hydrogens is 388 g/mol. The Kier molecular flexibility index (Phi) is 6.13. The number of benzene rings is 2. The Hall–Kier alpha value is -2.41. The highest BCUT2D eigenvalue weighted by Crippen LogP contribution is 2.30. The fourth-order valence-corrected chi connectivity index (χ4v) is 4.01. The lowest BCUT2D eigenvalue weighted by molar-refractivity contribution is 0.101. The Morgan fingerprint density at radius 2 is 1.93 bits per heavy atom. The Labute approximate surface area is 176 Å². The summed E-state index contributed by atoms with van der Waals surface area (Å²) in [7, 11) is 1.93. The van der Waals surface area contributed by atoms with Crippen LogP contribution >= 0.6 is 11.6 Å². The number of ether oxygens (including phenoxy) is 1. The van der Waals surface area contributed by atoms with Crippen molar-refractivity contribution in [3.05, 3.63) is 71.2 Å². The molecule has 4 rings (SSSR count). The Morgan fingerprint density at radius 1 is 1.14 bits per heavy atom. The molecule has 2 aromatic carbocycles. The molecule has 2 N–H and O–H groups in total. The van der Waals surface area contributed by atoms with Gasteiger partial charge in [0.1, 0.15) is 5.75 Å². The predicted octanol–water partition coefficient (Wildman–Crippen LogP) is 3.94. The Balaban J connectivity index is 1.28. The molecule has 154 valence electrons. The molecule has 29 heavy (non-hydrogen) atoms. The summed E-state index contributed by atoms with van der Waals surface area (Å²) in [5.74, 6) is 1.61. The van der Waals surface area contributed by atoms with Crippen molar-refractivity contribution in [2.75, 3.05) is 31.8 Å². The lowest BCUT2D eigenvalue weighted by Gasteiger charge is -2.32. The number of nitrogens with zero attached hydrogens (tertiary/aromatic N) is 3. The van der Waals surface area contributed by atoms with Crippen LogP contribution < -0.4 is 10.5 Å². The maximum Gasteiger partial charge on any atom is 0.228 e. The minimum Gasteiger partial charge on any atom is -0.508 e. The molecule has 2 aliphatic heterocycles. The molecule has 2 heterocycles. The molecule has 1 saturated heterocycles. The van der Waals surface area contributed by atoms with Crippen LogP contribution in [-0.2, 0) is 11.3 Å². The average molecular weight is 415 g/mol. The molecule has 0 aliphatic carbocycles. The van der Waals surface area contributed by atoms with Gasteiger partial charge in [-0.05, 0) is 61.7 Å². The lowest BCUT2D eigenvalue weighted by Crippen LogP contribution is -2.39. The molecule has 7 heteroatoms. The highest BCUT2D eigenvalue weighted by Gasteiger charge is 2.26. The number of nitrogens with one attached hydrogen (secondary N) is 1. The third kappa shape index (κ3) is 4.96. The molecule has 0 spiro atoms. The zero-order chi connectivity index (χ0) is 20.2.